The van der Waals surface area contributed by atoms with Crippen molar-refractivity contribution in [3.63, 3.8) is 0 Å². The normalized spacial score (nSPS) is 10.0. The lowest BCUT2D eigenvalue weighted by Crippen LogP contribution is -2.09. The zero-order valence-corrected chi connectivity index (χ0v) is 25.7. The molecule has 3 aromatic rings. The Morgan fingerprint density at radius 1 is 0.773 bits per heavy atom. The van der Waals surface area contributed by atoms with Crippen molar-refractivity contribution in [2.75, 3.05) is 25.6 Å². The van der Waals surface area contributed by atoms with Crippen LogP contribution in [0.1, 0.15) is 71.8 Å². The van der Waals surface area contributed by atoms with Gasteiger partial charge in [0.15, 0.2) is 0 Å². The molecule has 0 bridgehead atoms. The van der Waals surface area contributed by atoms with Gasteiger partial charge in [0, 0.05) is 23.3 Å². The number of carbonyl (C=O) groups excluding carboxylic acids is 3. The molecule has 0 aromatic heterocycles. The lowest BCUT2D eigenvalue weighted by Gasteiger charge is -2.13. The van der Waals surface area contributed by atoms with Gasteiger partial charge in [0.25, 0.3) is 10.1 Å². The van der Waals surface area contributed by atoms with Crippen molar-refractivity contribution in [2.24, 2.45) is 0 Å². The topological polar surface area (TPSA) is 133 Å². The average Bonchev–Trinajstić information content (AvgIpc) is 3.01. The number of rotatable bonds is 11. The van der Waals surface area contributed by atoms with Gasteiger partial charge in [-0.05, 0) is 68.1 Å². The predicted molar refractivity (Wildman–Crippen MR) is 164 cm³/mol. The molecule has 0 atom stereocenters. The van der Waals surface area contributed by atoms with Crippen LogP contribution in [0, 0.1) is 23.7 Å². The zero-order chi connectivity index (χ0) is 32.4. The fourth-order valence-corrected chi connectivity index (χ4v) is 4.12. The summed E-state index contributed by atoms with van der Waals surface area (Å²) < 4.78 is 48.3. The second-order valence-corrected chi connectivity index (χ2v) is 10.7. The highest BCUT2D eigenvalue weighted by Crippen LogP contribution is 2.29. The van der Waals surface area contributed by atoms with E-state index in [0.29, 0.717) is 47.0 Å². The zero-order valence-electron chi connectivity index (χ0n) is 24.8. The fraction of sp³-hybridized carbons (Fsp3) is 0.294. The maximum atomic E-state index is 11.9. The first kappa shape index (κ1) is 35.3. The van der Waals surface area contributed by atoms with Gasteiger partial charge < -0.3 is 14.2 Å². The summed E-state index contributed by atoms with van der Waals surface area (Å²) in [6.45, 7) is 6.67. The van der Waals surface area contributed by atoms with E-state index in [1.54, 1.807) is 43.3 Å². The van der Waals surface area contributed by atoms with Crippen molar-refractivity contribution in [1.82, 2.24) is 0 Å². The molecule has 0 aliphatic carbocycles. The van der Waals surface area contributed by atoms with E-state index in [1.807, 2.05) is 31.2 Å². The highest BCUT2D eigenvalue weighted by atomic mass is 32.2. The molecule has 0 unspecified atom stereocenters. The molecule has 0 spiro atoms. The number of hydrogen-bond acceptors (Lipinski definition) is 8. The van der Waals surface area contributed by atoms with Crippen LogP contribution < -0.4 is 9.47 Å². The van der Waals surface area contributed by atoms with Crippen molar-refractivity contribution in [3.05, 3.63) is 94.0 Å². The average molecular weight is 619 g/mol. The van der Waals surface area contributed by atoms with E-state index >= 15 is 0 Å². The summed E-state index contributed by atoms with van der Waals surface area (Å²) in [5.74, 6) is 12.7. The third-order valence-electron chi connectivity index (χ3n) is 5.79. The molecule has 0 aliphatic rings. The first-order valence-electron chi connectivity index (χ1n) is 13.9. The molecule has 3 aromatic carbocycles. The van der Waals surface area contributed by atoms with Crippen LogP contribution in [-0.2, 0) is 30.9 Å². The Labute approximate surface area is 258 Å². The minimum atomic E-state index is -4.10. The van der Waals surface area contributed by atoms with Gasteiger partial charge >= 0.3 is 12.1 Å². The standard InChI is InChI=1S/C33H34O7S.CO2/c1-4-20-39-31-23-30(19-15-27-12-16-28(17-13-27)33(34)38-6-3)32(40-21-7-22-41(35,36)37)24-29(31)18-14-26-10-8-25(5-2)9-11-26;2-1-3/h8-13,16-17,23-24H,4-7,20-22H2,1-3H3,(H,35,36,37);. The van der Waals surface area contributed by atoms with E-state index in [-0.39, 0.29) is 19.2 Å². The number of aryl methyl sites for hydroxylation is 1. The molecular weight excluding hydrogens is 584 g/mol. The molecule has 44 heavy (non-hydrogen) atoms. The monoisotopic (exact) mass is 618 g/mol. The van der Waals surface area contributed by atoms with Crippen LogP contribution in [0.3, 0.4) is 0 Å². The van der Waals surface area contributed by atoms with Gasteiger partial charge in [-0.25, -0.2) is 4.79 Å². The minimum Gasteiger partial charge on any atom is -0.492 e. The van der Waals surface area contributed by atoms with Crippen LogP contribution in [0.25, 0.3) is 0 Å². The number of benzene rings is 3. The van der Waals surface area contributed by atoms with Gasteiger partial charge in [-0.1, -0.05) is 49.7 Å². The molecule has 0 fully saturated rings. The van der Waals surface area contributed by atoms with Crippen molar-refractivity contribution >= 4 is 22.2 Å². The Morgan fingerprint density at radius 2 is 1.27 bits per heavy atom. The van der Waals surface area contributed by atoms with Crippen LogP contribution >= 0.6 is 0 Å². The molecule has 0 saturated heterocycles. The van der Waals surface area contributed by atoms with Gasteiger partial charge in [-0.15, -0.1) is 0 Å². The lowest BCUT2D eigenvalue weighted by atomic mass is 10.1. The molecule has 1 N–H and O–H groups in total. The summed E-state index contributed by atoms with van der Waals surface area (Å²) in [6.07, 6.45) is 2.09. The van der Waals surface area contributed by atoms with Crippen molar-refractivity contribution in [2.45, 2.75) is 40.0 Å². The molecule has 0 saturated carbocycles. The Kier molecular flexibility index (Phi) is 15.0. The number of esters is 1. The van der Waals surface area contributed by atoms with Crippen LogP contribution in [0.4, 0.5) is 0 Å². The van der Waals surface area contributed by atoms with E-state index in [9.17, 15) is 13.2 Å². The second-order valence-electron chi connectivity index (χ2n) is 9.11. The molecule has 0 amide bonds. The maximum Gasteiger partial charge on any atom is 0.373 e. The molecule has 0 heterocycles. The van der Waals surface area contributed by atoms with Crippen LogP contribution in [-0.4, -0.2) is 50.7 Å². The van der Waals surface area contributed by atoms with Crippen LogP contribution in [0.15, 0.2) is 60.7 Å². The molecule has 9 nitrogen and oxygen atoms in total. The quantitative estimate of drug-likeness (QED) is 0.135. The van der Waals surface area contributed by atoms with Crippen molar-refractivity contribution in [3.8, 4) is 35.2 Å². The van der Waals surface area contributed by atoms with Crippen molar-refractivity contribution in [1.29, 1.82) is 0 Å². The van der Waals surface area contributed by atoms with E-state index in [0.717, 1.165) is 18.4 Å². The van der Waals surface area contributed by atoms with Gasteiger partial charge in [-0.2, -0.15) is 18.0 Å². The smallest absolute Gasteiger partial charge is 0.373 e. The maximum absolute atomic E-state index is 11.9. The van der Waals surface area contributed by atoms with Gasteiger partial charge in [0.05, 0.1) is 42.3 Å². The third-order valence-corrected chi connectivity index (χ3v) is 6.59. The Hall–Kier alpha value is -4.86. The summed E-state index contributed by atoms with van der Waals surface area (Å²) in [4.78, 5) is 28.2. The van der Waals surface area contributed by atoms with Crippen molar-refractivity contribution < 1.29 is 41.6 Å². The summed E-state index contributed by atoms with van der Waals surface area (Å²) in [7, 11) is -4.10. The second kappa shape index (κ2) is 18.6. The van der Waals surface area contributed by atoms with Crippen LogP contribution in [0.2, 0.25) is 0 Å². The fourth-order valence-electron chi connectivity index (χ4n) is 3.64. The molecule has 10 heteroatoms. The Bertz CT molecular complexity index is 1650. The SMILES string of the molecule is CCCOc1cc(C#Cc2ccc(C(=O)OCC)cc2)c(OCCCS(=O)(=O)O)cc1C#Cc1ccc(CC)cc1.O=C=O. The number of carbonyl (C=O) groups is 1. The summed E-state index contributed by atoms with van der Waals surface area (Å²) in [6, 6.07) is 18.3. The van der Waals surface area contributed by atoms with E-state index in [2.05, 4.69) is 30.6 Å². The predicted octanol–water partition coefficient (Wildman–Crippen LogP) is 5.09. The van der Waals surface area contributed by atoms with E-state index in [1.165, 1.54) is 5.56 Å². The highest BCUT2D eigenvalue weighted by Gasteiger charge is 2.12. The summed E-state index contributed by atoms with van der Waals surface area (Å²) in [5.41, 5.74) is 4.31. The van der Waals surface area contributed by atoms with Gasteiger partial charge in [0.1, 0.15) is 11.5 Å². The van der Waals surface area contributed by atoms with Gasteiger partial charge in [0.2, 0.25) is 0 Å². The lowest BCUT2D eigenvalue weighted by molar-refractivity contribution is -0.191. The number of ether oxygens (including phenoxy) is 3. The molecular formula is C34H34O9S. The molecule has 230 valence electrons. The molecule has 0 radical (unpaired) electrons. The highest BCUT2D eigenvalue weighted by molar-refractivity contribution is 7.85. The largest absolute Gasteiger partial charge is 0.492 e. The summed E-state index contributed by atoms with van der Waals surface area (Å²) >= 11 is 0. The van der Waals surface area contributed by atoms with Gasteiger partial charge in [-0.3, -0.25) is 4.55 Å². The first-order valence-corrected chi connectivity index (χ1v) is 15.5. The number of hydrogen-bond donors (Lipinski definition) is 1. The third kappa shape index (κ3) is 12.6. The Morgan fingerprint density at radius 3 is 1.73 bits per heavy atom. The Balaban J connectivity index is 0.00000216. The molecule has 3 rings (SSSR count). The minimum absolute atomic E-state index is 0.0449. The van der Waals surface area contributed by atoms with E-state index < -0.39 is 21.8 Å². The van der Waals surface area contributed by atoms with Crippen LogP contribution in [0.5, 0.6) is 11.5 Å². The van der Waals surface area contributed by atoms with E-state index in [4.69, 9.17) is 28.4 Å². The summed E-state index contributed by atoms with van der Waals surface area (Å²) in [5, 5.41) is 0. The molecule has 0 aliphatic heterocycles. The first-order chi connectivity index (χ1) is 21.1.